The third-order valence-corrected chi connectivity index (χ3v) is 7.82. The molecule has 1 aliphatic carbocycles. The van der Waals surface area contributed by atoms with Crippen molar-refractivity contribution in [3.05, 3.63) is 29.8 Å². The van der Waals surface area contributed by atoms with Crippen LogP contribution in [0.2, 0.25) is 0 Å². The van der Waals surface area contributed by atoms with Gasteiger partial charge in [0, 0.05) is 38.8 Å². The van der Waals surface area contributed by atoms with Crippen molar-refractivity contribution in [2.24, 2.45) is 0 Å². The van der Waals surface area contributed by atoms with Crippen molar-refractivity contribution >= 4 is 12.1 Å². The maximum atomic E-state index is 12.4. The van der Waals surface area contributed by atoms with Crippen LogP contribution in [0.1, 0.15) is 91.5 Å². The number of carbonyl (C=O) groups is 2. The third kappa shape index (κ3) is 8.62. The molecule has 3 rings (SSSR count). The van der Waals surface area contributed by atoms with Crippen LogP contribution in [0.4, 0.5) is 4.79 Å². The number of hydrogen-bond donors (Lipinski definition) is 0. The molecule has 37 heavy (non-hydrogen) atoms. The van der Waals surface area contributed by atoms with E-state index in [0.717, 1.165) is 30.4 Å². The maximum absolute atomic E-state index is 12.4. The van der Waals surface area contributed by atoms with Gasteiger partial charge in [0.1, 0.15) is 17.0 Å². The van der Waals surface area contributed by atoms with Crippen LogP contribution in [0.15, 0.2) is 24.3 Å². The van der Waals surface area contributed by atoms with Crippen molar-refractivity contribution in [1.82, 2.24) is 4.90 Å². The van der Waals surface area contributed by atoms with Gasteiger partial charge in [-0.25, -0.2) is 9.59 Å². The van der Waals surface area contributed by atoms with Gasteiger partial charge in [0.05, 0.1) is 26.2 Å². The van der Waals surface area contributed by atoms with Crippen molar-refractivity contribution in [3.8, 4) is 5.75 Å². The Morgan fingerprint density at radius 1 is 0.811 bits per heavy atom. The molecule has 208 valence electrons. The maximum Gasteiger partial charge on any atom is 0.410 e. The lowest BCUT2D eigenvalue weighted by molar-refractivity contribution is -0.941. The standard InChI is InChI=1S/C30H49N2O5/c1-29(2,3)36-27(33)21-35-26-15-11-23(12-16-26)22-9-13-24(14-10-22)32(7,8)25-17-19-31(20-18-25)28(34)37-30(4,5)6/h11-12,15-16,22,24-25H,9-10,13-14,17-21H2,1-8H3/q+1. The summed E-state index contributed by atoms with van der Waals surface area (Å²) in [5, 5.41) is 0. The Bertz CT molecular complexity index is 897. The molecule has 0 N–H and O–H groups in total. The largest absolute Gasteiger partial charge is 0.482 e. The Balaban J connectivity index is 1.46. The molecule has 7 heteroatoms. The van der Waals surface area contributed by atoms with E-state index in [1.807, 2.05) is 58.6 Å². The predicted octanol–water partition coefficient (Wildman–Crippen LogP) is 5.91. The van der Waals surface area contributed by atoms with E-state index in [1.54, 1.807) is 0 Å². The highest BCUT2D eigenvalue weighted by Crippen LogP contribution is 2.38. The minimum atomic E-state index is -0.506. The minimum absolute atomic E-state index is 0.0780. The first-order chi connectivity index (χ1) is 17.1. The molecular formula is C30H49N2O5+. The molecule has 0 bridgehead atoms. The summed E-state index contributed by atoms with van der Waals surface area (Å²) in [6.07, 6.45) is 6.65. The van der Waals surface area contributed by atoms with Crippen molar-refractivity contribution in [1.29, 1.82) is 0 Å². The molecule has 1 aromatic carbocycles. The van der Waals surface area contributed by atoms with Gasteiger partial charge in [-0.05, 0) is 78.0 Å². The highest BCUT2D eigenvalue weighted by Gasteiger charge is 2.41. The smallest absolute Gasteiger partial charge is 0.410 e. The third-order valence-electron chi connectivity index (χ3n) is 7.82. The lowest BCUT2D eigenvalue weighted by atomic mass is 9.80. The van der Waals surface area contributed by atoms with E-state index in [-0.39, 0.29) is 18.7 Å². The van der Waals surface area contributed by atoms with E-state index in [0.29, 0.717) is 23.8 Å². The number of piperidine rings is 1. The van der Waals surface area contributed by atoms with Gasteiger partial charge >= 0.3 is 12.1 Å². The summed E-state index contributed by atoms with van der Waals surface area (Å²) >= 11 is 0. The first kappa shape index (κ1) is 29.3. The lowest BCUT2D eigenvalue weighted by Crippen LogP contribution is -2.60. The predicted molar refractivity (Wildman–Crippen MR) is 146 cm³/mol. The minimum Gasteiger partial charge on any atom is -0.482 e. The summed E-state index contributed by atoms with van der Waals surface area (Å²) < 4.78 is 17.5. The fraction of sp³-hybridized carbons (Fsp3) is 0.733. The molecule has 0 unspecified atom stereocenters. The van der Waals surface area contributed by atoms with Crippen LogP contribution in [0.5, 0.6) is 5.75 Å². The number of ether oxygens (including phenoxy) is 3. The van der Waals surface area contributed by atoms with Crippen LogP contribution in [0.25, 0.3) is 0 Å². The van der Waals surface area contributed by atoms with Gasteiger partial charge < -0.3 is 23.6 Å². The van der Waals surface area contributed by atoms with Gasteiger partial charge in [-0.1, -0.05) is 12.1 Å². The summed E-state index contributed by atoms with van der Waals surface area (Å²) in [6.45, 7) is 12.8. The molecule has 0 radical (unpaired) electrons. The Morgan fingerprint density at radius 3 is 1.84 bits per heavy atom. The van der Waals surface area contributed by atoms with Crippen LogP contribution in [0.3, 0.4) is 0 Å². The lowest BCUT2D eigenvalue weighted by Gasteiger charge is -2.49. The molecule has 1 heterocycles. The number of quaternary nitrogens is 1. The number of esters is 1. The van der Waals surface area contributed by atoms with Crippen LogP contribution in [-0.2, 0) is 14.3 Å². The molecule has 2 fully saturated rings. The summed E-state index contributed by atoms with van der Waals surface area (Å²) in [5.74, 6) is 0.898. The molecule has 0 spiro atoms. The second-order valence-corrected chi connectivity index (χ2v) is 13.3. The summed E-state index contributed by atoms with van der Waals surface area (Å²) in [4.78, 5) is 26.2. The number of hydrogen-bond acceptors (Lipinski definition) is 5. The fourth-order valence-electron chi connectivity index (χ4n) is 5.76. The summed E-state index contributed by atoms with van der Waals surface area (Å²) in [5.41, 5.74) is 0.391. The number of benzene rings is 1. The summed E-state index contributed by atoms with van der Waals surface area (Å²) in [6, 6.07) is 9.42. The van der Waals surface area contributed by atoms with E-state index in [1.165, 1.54) is 31.2 Å². The first-order valence-corrected chi connectivity index (χ1v) is 13.9. The van der Waals surface area contributed by atoms with E-state index in [9.17, 15) is 9.59 Å². The van der Waals surface area contributed by atoms with E-state index < -0.39 is 11.2 Å². The molecule has 1 saturated heterocycles. The molecule has 0 atom stereocenters. The van der Waals surface area contributed by atoms with Crippen molar-refractivity contribution in [2.75, 3.05) is 33.8 Å². The quantitative estimate of drug-likeness (QED) is 0.347. The zero-order valence-electron chi connectivity index (χ0n) is 24.3. The monoisotopic (exact) mass is 517 g/mol. The van der Waals surface area contributed by atoms with Gasteiger partial charge in [0.2, 0.25) is 0 Å². The normalized spacial score (nSPS) is 21.9. The Hall–Kier alpha value is -2.28. The average Bonchev–Trinajstić information content (AvgIpc) is 2.81. The number of likely N-dealkylation sites (tertiary alicyclic amines) is 1. The molecule has 2 aliphatic rings. The number of amides is 1. The molecule has 1 amide bonds. The van der Waals surface area contributed by atoms with Gasteiger partial charge in [0.25, 0.3) is 0 Å². The van der Waals surface area contributed by atoms with E-state index in [2.05, 4.69) is 26.2 Å². The van der Waals surface area contributed by atoms with E-state index in [4.69, 9.17) is 14.2 Å². The van der Waals surface area contributed by atoms with Gasteiger partial charge in [-0.15, -0.1) is 0 Å². The molecular weight excluding hydrogens is 468 g/mol. The van der Waals surface area contributed by atoms with Crippen LogP contribution >= 0.6 is 0 Å². The van der Waals surface area contributed by atoms with Crippen molar-refractivity contribution < 1.29 is 28.3 Å². The molecule has 7 nitrogen and oxygen atoms in total. The zero-order chi connectivity index (χ0) is 27.4. The molecule has 0 aromatic heterocycles. The number of rotatable bonds is 6. The highest BCUT2D eigenvalue weighted by atomic mass is 16.6. The molecule has 1 saturated carbocycles. The Kier molecular flexibility index (Phi) is 9.20. The van der Waals surface area contributed by atoms with Gasteiger partial charge in [0.15, 0.2) is 6.61 Å². The number of carbonyl (C=O) groups excluding carboxylic acids is 2. The second-order valence-electron chi connectivity index (χ2n) is 13.3. The van der Waals surface area contributed by atoms with Gasteiger partial charge in [-0.3, -0.25) is 0 Å². The van der Waals surface area contributed by atoms with Gasteiger partial charge in [-0.2, -0.15) is 0 Å². The number of nitrogens with zero attached hydrogens (tertiary/aromatic N) is 2. The van der Waals surface area contributed by atoms with Crippen LogP contribution < -0.4 is 4.74 Å². The van der Waals surface area contributed by atoms with E-state index >= 15 is 0 Å². The second kappa shape index (κ2) is 11.6. The average molecular weight is 518 g/mol. The Labute approximate surface area is 224 Å². The summed E-state index contributed by atoms with van der Waals surface area (Å²) in [7, 11) is 4.77. The van der Waals surface area contributed by atoms with Crippen molar-refractivity contribution in [2.45, 2.75) is 109 Å². The highest BCUT2D eigenvalue weighted by molar-refractivity contribution is 5.71. The van der Waals surface area contributed by atoms with Crippen LogP contribution in [0, 0.1) is 0 Å². The van der Waals surface area contributed by atoms with Crippen LogP contribution in [-0.4, -0.2) is 78.5 Å². The SMILES string of the molecule is CC(C)(C)OC(=O)COc1ccc(C2CCC([N+](C)(C)C3CCN(C(=O)OC(C)(C)C)CC3)CC2)cc1. The molecule has 1 aromatic rings. The first-order valence-electron chi connectivity index (χ1n) is 13.9. The fourth-order valence-corrected chi connectivity index (χ4v) is 5.76. The Morgan fingerprint density at radius 2 is 1.32 bits per heavy atom. The molecule has 1 aliphatic heterocycles. The zero-order valence-corrected chi connectivity index (χ0v) is 24.3. The topological polar surface area (TPSA) is 65.1 Å². The van der Waals surface area contributed by atoms with Crippen molar-refractivity contribution in [3.63, 3.8) is 0 Å².